The van der Waals surface area contributed by atoms with Gasteiger partial charge in [0.25, 0.3) is 5.91 Å². The summed E-state index contributed by atoms with van der Waals surface area (Å²) in [5.41, 5.74) is -0.563. The lowest BCUT2D eigenvalue weighted by Crippen LogP contribution is -2.29. The summed E-state index contributed by atoms with van der Waals surface area (Å²) in [6, 6.07) is 7.62. The summed E-state index contributed by atoms with van der Waals surface area (Å²) in [5.74, 6) is -0.315. The number of hydrogen-bond acceptors (Lipinski definition) is 6. The van der Waals surface area contributed by atoms with E-state index in [1.54, 1.807) is 0 Å². The summed E-state index contributed by atoms with van der Waals surface area (Å²) in [6.07, 6.45) is -3.72. The van der Waals surface area contributed by atoms with Crippen molar-refractivity contribution in [2.24, 2.45) is 0 Å². The largest absolute Gasteiger partial charge is 0.417 e. The summed E-state index contributed by atoms with van der Waals surface area (Å²) < 4.78 is 66.3. The number of alkyl halides is 3. The maximum Gasteiger partial charge on any atom is 0.417 e. The predicted molar refractivity (Wildman–Crippen MR) is 100 cm³/mol. The van der Waals surface area contributed by atoms with Crippen molar-refractivity contribution < 1.29 is 31.1 Å². The van der Waals surface area contributed by atoms with Crippen LogP contribution in [0.5, 0.6) is 0 Å². The number of nitrogens with zero attached hydrogens (tertiary/aromatic N) is 1. The molecule has 0 saturated carbocycles. The first-order valence-corrected chi connectivity index (χ1v) is 10.2. The summed E-state index contributed by atoms with van der Waals surface area (Å²) in [5, 5.41) is 5.41. The Morgan fingerprint density at radius 2 is 1.79 bits per heavy atom. The van der Waals surface area contributed by atoms with Gasteiger partial charge >= 0.3 is 6.18 Å². The van der Waals surface area contributed by atoms with Crippen molar-refractivity contribution in [1.82, 2.24) is 10.3 Å². The number of hydrogen-bond donors (Lipinski definition) is 2. The second kappa shape index (κ2) is 9.70. The molecule has 158 valence electrons. The molecule has 1 amide bonds. The fourth-order valence-corrected chi connectivity index (χ4v) is 3.43. The minimum Gasteiger partial charge on any atom is -0.384 e. The van der Waals surface area contributed by atoms with Crippen LogP contribution in [0.4, 0.5) is 19.0 Å². The molecular weight excluding hydrogens is 411 g/mol. The lowest BCUT2D eigenvalue weighted by atomic mass is 10.2. The van der Waals surface area contributed by atoms with Crippen LogP contribution >= 0.6 is 0 Å². The maximum absolute atomic E-state index is 12.5. The van der Waals surface area contributed by atoms with Gasteiger partial charge in [0.1, 0.15) is 5.82 Å². The van der Waals surface area contributed by atoms with E-state index in [1.807, 2.05) is 0 Å². The summed E-state index contributed by atoms with van der Waals surface area (Å²) in [4.78, 5) is 15.9. The summed E-state index contributed by atoms with van der Waals surface area (Å²) >= 11 is 0. The molecular formula is C18H20F3N3O4S. The van der Waals surface area contributed by atoms with Crippen molar-refractivity contribution in [3.63, 3.8) is 0 Å². The Morgan fingerprint density at radius 3 is 2.34 bits per heavy atom. The molecule has 0 aliphatic heterocycles. The SMILES string of the molecule is COCCS(=O)(=O)c1ccc(C(=O)NCCNc2ccc(C(F)(F)F)cn2)cc1. The van der Waals surface area contributed by atoms with E-state index < -0.39 is 27.5 Å². The second-order valence-corrected chi connectivity index (χ2v) is 8.06. The Kier molecular flexibility index (Phi) is 7.57. The molecule has 0 spiro atoms. The molecule has 2 rings (SSSR count). The number of methoxy groups -OCH3 is 1. The minimum absolute atomic E-state index is 0.0748. The second-order valence-electron chi connectivity index (χ2n) is 5.95. The number of ether oxygens (including phenoxy) is 1. The molecule has 2 aromatic rings. The van der Waals surface area contributed by atoms with Crippen molar-refractivity contribution in [1.29, 1.82) is 0 Å². The maximum atomic E-state index is 12.5. The van der Waals surface area contributed by atoms with Crippen LogP contribution in [0.25, 0.3) is 0 Å². The highest BCUT2D eigenvalue weighted by Gasteiger charge is 2.30. The molecule has 0 fully saturated rings. The molecule has 2 N–H and O–H groups in total. The fraction of sp³-hybridized carbons (Fsp3) is 0.333. The normalized spacial score (nSPS) is 11.9. The molecule has 0 radical (unpaired) electrons. The van der Waals surface area contributed by atoms with Crippen LogP contribution in [-0.2, 0) is 20.8 Å². The van der Waals surface area contributed by atoms with Gasteiger partial charge < -0.3 is 15.4 Å². The van der Waals surface area contributed by atoms with Crippen LogP contribution in [0.2, 0.25) is 0 Å². The Balaban J connectivity index is 1.82. The van der Waals surface area contributed by atoms with Crippen molar-refractivity contribution in [2.75, 3.05) is 37.9 Å². The zero-order chi connectivity index (χ0) is 21.5. The molecule has 7 nitrogen and oxygen atoms in total. The average molecular weight is 431 g/mol. The number of rotatable bonds is 9. The van der Waals surface area contributed by atoms with Crippen LogP contribution in [0.1, 0.15) is 15.9 Å². The molecule has 1 aromatic heterocycles. The monoisotopic (exact) mass is 431 g/mol. The average Bonchev–Trinajstić information content (AvgIpc) is 2.69. The first-order valence-electron chi connectivity index (χ1n) is 8.50. The molecule has 11 heteroatoms. The highest BCUT2D eigenvalue weighted by molar-refractivity contribution is 7.91. The van der Waals surface area contributed by atoms with Gasteiger partial charge in [0.2, 0.25) is 0 Å². The molecule has 1 heterocycles. The van der Waals surface area contributed by atoms with Gasteiger partial charge in [-0.3, -0.25) is 4.79 Å². The van der Waals surface area contributed by atoms with E-state index in [-0.39, 0.29) is 41.7 Å². The van der Waals surface area contributed by atoms with Gasteiger partial charge in [-0.1, -0.05) is 0 Å². The number of carbonyl (C=O) groups is 1. The number of anilines is 1. The highest BCUT2D eigenvalue weighted by Crippen LogP contribution is 2.28. The molecule has 1 aromatic carbocycles. The van der Waals surface area contributed by atoms with E-state index >= 15 is 0 Å². The lowest BCUT2D eigenvalue weighted by Gasteiger charge is -2.10. The fourth-order valence-electron chi connectivity index (χ4n) is 2.26. The molecule has 0 atom stereocenters. The minimum atomic E-state index is -4.45. The predicted octanol–water partition coefficient (Wildman–Crippen LogP) is 2.36. The van der Waals surface area contributed by atoms with Gasteiger partial charge in [0.15, 0.2) is 9.84 Å². The van der Waals surface area contributed by atoms with Crippen LogP contribution in [-0.4, -0.2) is 51.9 Å². The van der Waals surface area contributed by atoms with Gasteiger partial charge in [-0.2, -0.15) is 13.2 Å². The Hall–Kier alpha value is -2.66. The number of aromatic nitrogens is 1. The van der Waals surface area contributed by atoms with Gasteiger partial charge in [-0.25, -0.2) is 13.4 Å². The zero-order valence-corrected chi connectivity index (χ0v) is 16.3. The van der Waals surface area contributed by atoms with E-state index in [4.69, 9.17) is 4.74 Å². The van der Waals surface area contributed by atoms with E-state index in [2.05, 4.69) is 15.6 Å². The van der Waals surface area contributed by atoms with Crippen LogP contribution < -0.4 is 10.6 Å². The third-order valence-corrected chi connectivity index (χ3v) is 5.53. The molecule has 0 unspecified atom stereocenters. The molecule has 0 aliphatic rings. The van der Waals surface area contributed by atoms with Gasteiger partial charge in [0, 0.05) is 32.0 Å². The zero-order valence-electron chi connectivity index (χ0n) is 15.5. The molecule has 0 aliphatic carbocycles. The number of benzene rings is 1. The van der Waals surface area contributed by atoms with E-state index in [1.165, 1.54) is 37.4 Å². The standard InChI is InChI=1S/C18H20F3N3O4S/c1-28-10-11-29(26,27)15-5-2-13(3-6-15)17(25)23-9-8-22-16-7-4-14(12-24-16)18(19,20)21/h2-7,12H,8-11H2,1H3,(H,22,24)(H,23,25). The number of nitrogens with one attached hydrogen (secondary N) is 2. The quantitative estimate of drug-likeness (QED) is 0.592. The van der Waals surface area contributed by atoms with Crippen LogP contribution in [0.3, 0.4) is 0 Å². The summed E-state index contributed by atoms with van der Waals surface area (Å²) in [7, 11) is -2.06. The van der Waals surface area contributed by atoms with Gasteiger partial charge in [-0.15, -0.1) is 0 Å². The highest BCUT2D eigenvalue weighted by atomic mass is 32.2. The number of sulfone groups is 1. The number of amides is 1. The third-order valence-electron chi connectivity index (χ3n) is 3.84. The number of pyridine rings is 1. The lowest BCUT2D eigenvalue weighted by molar-refractivity contribution is -0.137. The van der Waals surface area contributed by atoms with E-state index in [0.717, 1.165) is 12.3 Å². The number of carbonyl (C=O) groups excluding carboxylic acids is 1. The van der Waals surface area contributed by atoms with E-state index in [9.17, 15) is 26.4 Å². The van der Waals surface area contributed by atoms with Gasteiger partial charge in [0.05, 0.1) is 22.8 Å². The molecule has 29 heavy (non-hydrogen) atoms. The molecule has 0 bridgehead atoms. The number of halogens is 3. The van der Waals surface area contributed by atoms with Crippen molar-refractivity contribution >= 4 is 21.6 Å². The van der Waals surface area contributed by atoms with Gasteiger partial charge in [-0.05, 0) is 36.4 Å². The van der Waals surface area contributed by atoms with Crippen molar-refractivity contribution in [3.05, 3.63) is 53.7 Å². The third kappa shape index (κ3) is 6.71. The summed E-state index contributed by atoms with van der Waals surface area (Å²) in [6.45, 7) is 0.508. The van der Waals surface area contributed by atoms with Crippen molar-refractivity contribution in [2.45, 2.75) is 11.1 Å². The van der Waals surface area contributed by atoms with Crippen LogP contribution in [0.15, 0.2) is 47.5 Å². The smallest absolute Gasteiger partial charge is 0.384 e. The first-order chi connectivity index (χ1) is 13.6. The molecule has 0 saturated heterocycles. The Bertz CT molecular complexity index is 915. The van der Waals surface area contributed by atoms with Crippen molar-refractivity contribution in [3.8, 4) is 0 Å². The first kappa shape index (κ1) is 22.6. The van der Waals surface area contributed by atoms with E-state index in [0.29, 0.717) is 0 Å². The van der Waals surface area contributed by atoms with Crippen LogP contribution in [0, 0.1) is 0 Å². The Labute approximate surface area is 166 Å². The topological polar surface area (TPSA) is 97.4 Å². The Morgan fingerprint density at radius 1 is 1.10 bits per heavy atom.